The average Bonchev–Trinajstić information content (AvgIpc) is 2.85. The van der Waals surface area contributed by atoms with Crippen molar-refractivity contribution in [2.75, 3.05) is 11.4 Å². The molecular formula is C13H12N4S. The summed E-state index contributed by atoms with van der Waals surface area (Å²) in [5.41, 5.74) is 4.81. The Kier molecular flexibility index (Phi) is 2.73. The maximum atomic E-state index is 8.86. The van der Waals surface area contributed by atoms with E-state index < -0.39 is 0 Å². The summed E-state index contributed by atoms with van der Waals surface area (Å²) in [6.07, 6.45) is 2.62. The van der Waals surface area contributed by atoms with Crippen molar-refractivity contribution >= 4 is 17.2 Å². The second-order valence-electron chi connectivity index (χ2n) is 4.37. The summed E-state index contributed by atoms with van der Waals surface area (Å²) in [6.45, 7) is 3.82. The molecule has 0 saturated heterocycles. The summed E-state index contributed by atoms with van der Waals surface area (Å²) in [6, 6.07) is 4.01. The normalized spacial score (nSPS) is 14.1. The van der Waals surface area contributed by atoms with Gasteiger partial charge in [-0.25, -0.2) is 9.97 Å². The van der Waals surface area contributed by atoms with Gasteiger partial charge in [0.1, 0.15) is 11.9 Å². The van der Waals surface area contributed by atoms with Gasteiger partial charge in [-0.1, -0.05) is 0 Å². The van der Waals surface area contributed by atoms with Gasteiger partial charge in [0.2, 0.25) is 0 Å². The third-order valence-electron chi connectivity index (χ3n) is 3.16. The van der Waals surface area contributed by atoms with Gasteiger partial charge < -0.3 is 4.90 Å². The molecule has 5 heteroatoms. The Hall–Kier alpha value is -1.93. The summed E-state index contributed by atoms with van der Waals surface area (Å²) < 4.78 is 0. The van der Waals surface area contributed by atoms with Gasteiger partial charge in [-0.15, -0.1) is 11.3 Å². The molecule has 2 aromatic heterocycles. The number of pyridine rings is 1. The van der Waals surface area contributed by atoms with Crippen molar-refractivity contribution in [3.8, 4) is 6.07 Å². The first-order chi connectivity index (χ1) is 8.78. The first-order valence-corrected chi connectivity index (χ1v) is 6.69. The number of fused-ring (bicyclic) bond motifs is 1. The molecule has 90 valence electrons. The van der Waals surface area contributed by atoms with Crippen LogP contribution in [0.15, 0.2) is 17.8 Å². The smallest absolute Gasteiger partial charge is 0.131 e. The lowest BCUT2D eigenvalue weighted by atomic mass is 10.1. The molecule has 1 aliphatic heterocycles. The highest BCUT2D eigenvalue weighted by atomic mass is 32.1. The number of hydrogen-bond acceptors (Lipinski definition) is 5. The average molecular weight is 256 g/mol. The van der Waals surface area contributed by atoms with E-state index in [0.717, 1.165) is 30.9 Å². The highest BCUT2D eigenvalue weighted by Gasteiger charge is 2.20. The van der Waals surface area contributed by atoms with E-state index in [1.54, 1.807) is 17.5 Å². The molecule has 18 heavy (non-hydrogen) atoms. The number of nitriles is 1. The lowest BCUT2D eigenvalue weighted by Gasteiger charge is -2.28. The Labute approximate surface area is 110 Å². The molecule has 2 aromatic rings. The Balaban J connectivity index is 1.91. The molecule has 0 fully saturated rings. The molecule has 0 N–H and O–H groups in total. The molecule has 1 aliphatic rings. The third kappa shape index (κ3) is 1.85. The lowest BCUT2D eigenvalue weighted by Crippen LogP contribution is -2.31. The standard InChI is InChI=1S/C13H12N4S/c1-9-4-10(5-14)6-15-13(9)17-3-2-11-12(7-17)18-8-16-11/h4,6,8H,2-3,7H2,1H3. The topological polar surface area (TPSA) is 52.8 Å². The van der Waals surface area contributed by atoms with Gasteiger partial charge in [0.15, 0.2) is 0 Å². The molecule has 0 unspecified atom stereocenters. The maximum absolute atomic E-state index is 8.86. The van der Waals surface area contributed by atoms with Crippen LogP contribution >= 0.6 is 11.3 Å². The number of rotatable bonds is 1. The summed E-state index contributed by atoms with van der Waals surface area (Å²) in [5, 5.41) is 8.86. The zero-order chi connectivity index (χ0) is 12.5. The van der Waals surface area contributed by atoms with Crippen LogP contribution in [0.4, 0.5) is 5.82 Å². The fourth-order valence-corrected chi connectivity index (χ4v) is 3.09. The van der Waals surface area contributed by atoms with Crippen molar-refractivity contribution in [2.24, 2.45) is 0 Å². The zero-order valence-corrected chi connectivity index (χ0v) is 10.9. The zero-order valence-electron chi connectivity index (χ0n) is 10.1. The molecule has 0 aromatic carbocycles. The van der Waals surface area contributed by atoms with Crippen LogP contribution in [0.1, 0.15) is 21.7 Å². The van der Waals surface area contributed by atoms with Gasteiger partial charge in [0.25, 0.3) is 0 Å². The summed E-state index contributed by atoms with van der Waals surface area (Å²) >= 11 is 1.70. The minimum atomic E-state index is 0.617. The van der Waals surface area contributed by atoms with Gasteiger partial charge >= 0.3 is 0 Å². The molecule has 0 aliphatic carbocycles. The predicted molar refractivity (Wildman–Crippen MR) is 70.6 cm³/mol. The first kappa shape index (κ1) is 11.2. The predicted octanol–water partition coefficient (Wildman–Crippen LogP) is 2.28. The van der Waals surface area contributed by atoms with Crippen molar-refractivity contribution in [2.45, 2.75) is 19.9 Å². The number of hydrogen-bond donors (Lipinski definition) is 0. The molecular weight excluding hydrogens is 244 g/mol. The molecule has 0 amide bonds. The van der Waals surface area contributed by atoms with Crippen molar-refractivity contribution in [3.05, 3.63) is 39.5 Å². The van der Waals surface area contributed by atoms with E-state index in [-0.39, 0.29) is 0 Å². The monoisotopic (exact) mass is 256 g/mol. The van der Waals surface area contributed by atoms with Gasteiger partial charge in [-0.2, -0.15) is 5.26 Å². The SMILES string of the molecule is Cc1cc(C#N)cnc1N1CCc2ncsc2C1. The second kappa shape index (κ2) is 4.39. The van der Waals surface area contributed by atoms with Crippen LogP contribution in [0.3, 0.4) is 0 Å². The Bertz CT molecular complexity index is 626. The minimum Gasteiger partial charge on any atom is -0.351 e. The second-order valence-corrected chi connectivity index (χ2v) is 5.31. The van der Waals surface area contributed by atoms with Crippen LogP contribution in [-0.2, 0) is 13.0 Å². The van der Waals surface area contributed by atoms with Crippen molar-refractivity contribution in [1.29, 1.82) is 5.26 Å². The number of nitrogens with zero attached hydrogens (tertiary/aromatic N) is 4. The number of aryl methyl sites for hydroxylation is 1. The van der Waals surface area contributed by atoms with Crippen LogP contribution in [0, 0.1) is 18.3 Å². The Morgan fingerprint density at radius 1 is 1.44 bits per heavy atom. The molecule has 0 atom stereocenters. The van der Waals surface area contributed by atoms with Gasteiger partial charge in [-0.05, 0) is 18.6 Å². The molecule has 3 heterocycles. The van der Waals surface area contributed by atoms with Crippen LogP contribution in [0.25, 0.3) is 0 Å². The van der Waals surface area contributed by atoms with Crippen molar-refractivity contribution < 1.29 is 0 Å². The maximum Gasteiger partial charge on any atom is 0.131 e. The van der Waals surface area contributed by atoms with Crippen LogP contribution in [-0.4, -0.2) is 16.5 Å². The van der Waals surface area contributed by atoms with E-state index >= 15 is 0 Å². The van der Waals surface area contributed by atoms with E-state index in [0.29, 0.717) is 5.56 Å². The largest absolute Gasteiger partial charge is 0.351 e. The van der Waals surface area contributed by atoms with E-state index in [1.165, 1.54) is 10.6 Å². The third-order valence-corrected chi connectivity index (χ3v) is 4.02. The Morgan fingerprint density at radius 2 is 2.33 bits per heavy atom. The molecule has 3 rings (SSSR count). The van der Waals surface area contributed by atoms with Crippen molar-refractivity contribution in [3.63, 3.8) is 0 Å². The molecule has 0 saturated carbocycles. The van der Waals surface area contributed by atoms with Gasteiger partial charge in [-0.3, -0.25) is 0 Å². The lowest BCUT2D eigenvalue weighted by molar-refractivity contribution is 0.716. The first-order valence-electron chi connectivity index (χ1n) is 5.81. The quantitative estimate of drug-likeness (QED) is 0.785. The molecule has 0 radical (unpaired) electrons. The van der Waals surface area contributed by atoms with Crippen LogP contribution in [0.2, 0.25) is 0 Å². The highest BCUT2D eigenvalue weighted by molar-refractivity contribution is 7.09. The fraction of sp³-hybridized carbons (Fsp3) is 0.308. The number of aromatic nitrogens is 2. The van der Waals surface area contributed by atoms with Gasteiger partial charge in [0.05, 0.1) is 23.3 Å². The van der Waals surface area contributed by atoms with E-state index in [1.807, 2.05) is 18.5 Å². The van der Waals surface area contributed by atoms with Crippen molar-refractivity contribution in [1.82, 2.24) is 9.97 Å². The summed E-state index contributed by atoms with van der Waals surface area (Å²) in [5.74, 6) is 0.980. The fourth-order valence-electron chi connectivity index (χ4n) is 2.26. The number of thiazole rings is 1. The highest BCUT2D eigenvalue weighted by Crippen LogP contribution is 2.27. The number of anilines is 1. The van der Waals surface area contributed by atoms with E-state index in [9.17, 15) is 0 Å². The minimum absolute atomic E-state index is 0.617. The molecule has 4 nitrogen and oxygen atoms in total. The Morgan fingerprint density at radius 3 is 3.11 bits per heavy atom. The van der Waals surface area contributed by atoms with Gasteiger partial charge in [0, 0.05) is 24.0 Å². The summed E-state index contributed by atoms with van der Waals surface area (Å²) in [4.78, 5) is 12.4. The van der Waals surface area contributed by atoms with E-state index in [2.05, 4.69) is 20.9 Å². The van der Waals surface area contributed by atoms with Crippen LogP contribution < -0.4 is 4.90 Å². The van der Waals surface area contributed by atoms with E-state index in [4.69, 9.17) is 5.26 Å². The molecule has 0 spiro atoms. The molecule has 0 bridgehead atoms. The van der Waals surface area contributed by atoms with Crippen LogP contribution in [0.5, 0.6) is 0 Å². The summed E-state index contributed by atoms with van der Waals surface area (Å²) in [7, 11) is 0.